The Bertz CT molecular complexity index is 990. The summed E-state index contributed by atoms with van der Waals surface area (Å²) in [4.78, 5) is 21.1. The van der Waals surface area contributed by atoms with Crippen LogP contribution in [0.15, 0.2) is 54.4 Å². The molecule has 32 heavy (non-hydrogen) atoms. The summed E-state index contributed by atoms with van der Waals surface area (Å²) in [6.07, 6.45) is 14.4. The highest BCUT2D eigenvalue weighted by Gasteiger charge is 2.18. The molecule has 1 heterocycles. The van der Waals surface area contributed by atoms with Crippen LogP contribution in [0, 0.1) is 0 Å². The molecule has 0 bridgehead atoms. The van der Waals surface area contributed by atoms with E-state index in [1.165, 1.54) is 30.4 Å². The number of ether oxygens (including phenoxy) is 1. The maximum atomic E-state index is 10.9. The van der Waals surface area contributed by atoms with Gasteiger partial charge in [-0.15, -0.1) is 0 Å². The first-order chi connectivity index (χ1) is 15.7. The van der Waals surface area contributed by atoms with Crippen LogP contribution < -0.4 is 10.2 Å². The minimum absolute atomic E-state index is 0.325. The van der Waals surface area contributed by atoms with Gasteiger partial charge in [0.05, 0.1) is 12.3 Å². The number of nitrogens with one attached hydrogen (secondary N) is 1. The van der Waals surface area contributed by atoms with Crippen molar-refractivity contribution >= 4 is 17.2 Å². The van der Waals surface area contributed by atoms with Crippen LogP contribution in [0.3, 0.4) is 0 Å². The van der Waals surface area contributed by atoms with Gasteiger partial charge in [-0.25, -0.2) is 4.79 Å². The zero-order chi connectivity index (χ0) is 22.2. The number of allylic oxidation sites excluding steroid dienone is 2. The summed E-state index contributed by atoms with van der Waals surface area (Å²) in [5.41, 5.74) is 10.2. The molecule has 6 heteroatoms. The van der Waals surface area contributed by atoms with Crippen molar-refractivity contribution < 1.29 is 19.5 Å². The van der Waals surface area contributed by atoms with Crippen molar-refractivity contribution in [3.8, 4) is 5.75 Å². The predicted molar refractivity (Wildman–Crippen MR) is 124 cm³/mol. The molecule has 168 valence electrons. The van der Waals surface area contributed by atoms with Crippen molar-refractivity contribution in [1.29, 1.82) is 0 Å². The first-order valence-electron chi connectivity index (χ1n) is 11.4. The molecule has 1 aromatic heterocycles. The molecular formula is C26H30N2O4. The molecule has 2 aliphatic carbocycles. The predicted octanol–water partition coefficient (Wildman–Crippen LogP) is 5.16. The lowest BCUT2D eigenvalue weighted by atomic mass is 9.89. The number of rotatable bonds is 9. The molecule has 0 saturated heterocycles. The average molecular weight is 435 g/mol. The van der Waals surface area contributed by atoms with Gasteiger partial charge in [0.15, 0.2) is 6.61 Å². The number of hydrogen-bond donors (Lipinski definition) is 2. The van der Waals surface area contributed by atoms with Crippen molar-refractivity contribution in [2.24, 2.45) is 0 Å². The number of hydrogen-bond acceptors (Lipinski definition) is 5. The lowest BCUT2D eigenvalue weighted by molar-refractivity contribution is -0.139. The lowest BCUT2D eigenvalue weighted by Gasteiger charge is -2.22. The van der Waals surface area contributed by atoms with Crippen LogP contribution in [0.4, 0.5) is 0 Å². The van der Waals surface area contributed by atoms with Crippen LogP contribution in [0.25, 0.3) is 11.3 Å². The fourth-order valence-corrected chi connectivity index (χ4v) is 4.50. The molecule has 4 rings (SSSR count). The number of aromatic nitrogens is 1. The molecule has 1 saturated carbocycles. The van der Waals surface area contributed by atoms with E-state index in [-0.39, 0.29) is 6.61 Å². The zero-order valence-corrected chi connectivity index (χ0v) is 18.3. The van der Waals surface area contributed by atoms with E-state index in [0.29, 0.717) is 12.4 Å². The first kappa shape index (κ1) is 22.1. The van der Waals surface area contributed by atoms with Crippen molar-refractivity contribution in [1.82, 2.24) is 10.5 Å². The van der Waals surface area contributed by atoms with Gasteiger partial charge in [-0.3, -0.25) is 15.3 Å². The van der Waals surface area contributed by atoms with Gasteiger partial charge in [-0.05, 0) is 79.9 Å². The Hall–Kier alpha value is -3.12. The van der Waals surface area contributed by atoms with E-state index in [9.17, 15) is 4.79 Å². The molecular weight excluding hydrogens is 404 g/mol. The number of nitrogens with zero attached hydrogens (tertiary/aromatic N) is 1. The summed E-state index contributed by atoms with van der Waals surface area (Å²) < 4.78 is 5.51. The summed E-state index contributed by atoms with van der Waals surface area (Å²) in [5.74, 6) is -0.305. The summed E-state index contributed by atoms with van der Waals surface area (Å²) in [6.45, 7) is 0.205. The number of carboxylic acids is 1. The van der Waals surface area contributed by atoms with Crippen LogP contribution >= 0.6 is 0 Å². The summed E-state index contributed by atoms with van der Waals surface area (Å²) in [6, 6.07) is 9.86. The largest absolute Gasteiger partial charge is 0.482 e. The molecule has 2 aliphatic rings. The standard InChI is InChI=1S/C26H30N2O4/c29-25(30)18-31-24-13-5-11-22-19(9-4-12-23(22)24)14-16-32-28-26(20-7-2-1-3-8-20)21-10-6-15-27-17-21/h5-6,9-11,13,15,17,28H,1-4,7-8,12,14,16,18H2,(H,29,30). The van der Waals surface area contributed by atoms with Crippen LogP contribution in [-0.4, -0.2) is 29.3 Å². The minimum Gasteiger partial charge on any atom is -0.482 e. The second kappa shape index (κ2) is 11.0. The zero-order valence-electron chi connectivity index (χ0n) is 18.3. The van der Waals surface area contributed by atoms with Crippen molar-refractivity contribution in [3.63, 3.8) is 0 Å². The number of carbonyl (C=O) groups is 1. The minimum atomic E-state index is -0.967. The van der Waals surface area contributed by atoms with Gasteiger partial charge in [0.25, 0.3) is 0 Å². The van der Waals surface area contributed by atoms with E-state index in [1.54, 1.807) is 6.20 Å². The molecule has 0 unspecified atom stereocenters. The van der Waals surface area contributed by atoms with Crippen molar-refractivity contribution in [3.05, 3.63) is 71.1 Å². The van der Waals surface area contributed by atoms with Gasteiger partial charge in [0.1, 0.15) is 5.75 Å². The number of pyridine rings is 1. The number of carboxylic acid groups (broad SMARTS) is 1. The Balaban J connectivity index is 1.40. The summed E-state index contributed by atoms with van der Waals surface area (Å²) in [5, 5.41) is 8.93. The normalized spacial score (nSPS) is 15.5. The number of fused-ring (bicyclic) bond motifs is 1. The third-order valence-electron chi connectivity index (χ3n) is 6.02. The highest BCUT2D eigenvalue weighted by atomic mass is 16.6. The third-order valence-corrected chi connectivity index (χ3v) is 6.02. The Morgan fingerprint density at radius 2 is 1.97 bits per heavy atom. The molecule has 1 fully saturated rings. The smallest absolute Gasteiger partial charge is 0.341 e. The summed E-state index contributed by atoms with van der Waals surface area (Å²) >= 11 is 0. The van der Waals surface area contributed by atoms with Gasteiger partial charge in [-0.1, -0.05) is 24.6 Å². The molecule has 0 amide bonds. The highest BCUT2D eigenvalue weighted by molar-refractivity contribution is 5.73. The fourth-order valence-electron chi connectivity index (χ4n) is 4.50. The molecule has 0 radical (unpaired) electrons. The Kier molecular flexibility index (Phi) is 7.56. The van der Waals surface area contributed by atoms with Crippen LogP contribution in [0.2, 0.25) is 0 Å². The van der Waals surface area contributed by atoms with Crippen LogP contribution in [0.1, 0.15) is 61.6 Å². The average Bonchev–Trinajstić information content (AvgIpc) is 2.84. The Morgan fingerprint density at radius 1 is 1.09 bits per heavy atom. The quantitative estimate of drug-likeness (QED) is 0.419. The van der Waals surface area contributed by atoms with E-state index >= 15 is 0 Å². The topological polar surface area (TPSA) is 80.7 Å². The molecule has 0 aliphatic heterocycles. The third kappa shape index (κ3) is 5.56. The fraction of sp³-hybridized carbons (Fsp3) is 0.385. The SMILES string of the molecule is O=C(O)COc1cccc2c1CCC=C2CCONC(=C1CCCCC1)c1cccnc1. The summed E-state index contributed by atoms with van der Waals surface area (Å²) in [7, 11) is 0. The number of aliphatic carboxylic acids is 1. The molecule has 0 spiro atoms. The van der Waals surface area contributed by atoms with Gasteiger partial charge < -0.3 is 9.84 Å². The van der Waals surface area contributed by atoms with E-state index in [0.717, 1.165) is 54.5 Å². The second-order valence-corrected chi connectivity index (χ2v) is 8.21. The molecule has 2 N–H and O–H groups in total. The van der Waals surface area contributed by atoms with Crippen LogP contribution in [-0.2, 0) is 16.1 Å². The number of benzene rings is 1. The Morgan fingerprint density at radius 3 is 2.75 bits per heavy atom. The van der Waals surface area contributed by atoms with Gasteiger partial charge in [0.2, 0.25) is 0 Å². The van der Waals surface area contributed by atoms with E-state index in [4.69, 9.17) is 14.7 Å². The maximum Gasteiger partial charge on any atom is 0.341 e. The van der Waals surface area contributed by atoms with Gasteiger partial charge in [0, 0.05) is 23.5 Å². The molecule has 2 aromatic rings. The molecule has 0 atom stereocenters. The monoisotopic (exact) mass is 434 g/mol. The molecule has 6 nitrogen and oxygen atoms in total. The molecule has 1 aromatic carbocycles. The lowest BCUT2D eigenvalue weighted by Crippen LogP contribution is -2.18. The maximum absolute atomic E-state index is 10.9. The van der Waals surface area contributed by atoms with E-state index in [1.807, 2.05) is 24.4 Å². The van der Waals surface area contributed by atoms with Crippen molar-refractivity contribution in [2.45, 2.75) is 51.4 Å². The van der Waals surface area contributed by atoms with Crippen LogP contribution in [0.5, 0.6) is 5.75 Å². The van der Waals surface area contributed by atoms with Gasteiger partial charge in [-0.2, -0.15) is 0 Å². The Labute approximate surface area is 188 Å². The highest BCUT2D eigenvalue weighted by Crippen LogP contribution is 2.35. The van der Waals surface area contributed by atoms with Gasteiger partial charge >= 0.3 is 5.97 Å². The van der Waals surface area contributed by atoms with Crippen molar-refractivity contribution in [2.75, 3.05) is 13.2 Å². The number of hydroxylamine groups is 1. The first-order valence-corrected chi connectivity index (χ1v) is 11.4. The second-order valence-electron chi connectivity index (χ2n) is 8.21. The van der Waals surface area contributed by atoms with E-state index in [2.05, 4.69) is 28.7 Å². The van der Waals surface area contributed by atoms with E-state index < -0.39 is 5.97 Å².